The topological polar surface area (TPSA) is 4.93 Å². The van der Waals surface area contributed by atoms with E-state index in [2.05, 4.69) is 75.1 Å². The van der Waals surface area contributed by atoms with Gasteiger partial charge in [0.1, 0.15) is 0 Å². The number of hydrogen-bond acceptors (Lipinski definition) is 0. The molecule has 4 rings (SSSR count). The third-order valence-corrected chi connectivity index (χ3v) is 5.08. The molecule has 2 heteroatoms. The molecule has 1 unspecified atom stereocenters. The fraction of sp³-hybridized carbons (Fsp3) is 0.263. The second-order valence-electron chi connectivity index (χ2n) is 5.82. The van der Waals surface area contributed by atoms with Gasteiger partial charge in [0.25, 0.3) is 0 Å². The third-order valence-electron chi connectivity index (χ3n) is 4.45. The predicted molar refractivity (Wildman–Crippen MR) is 92.8 cm³/mol. The van der Waals surface area contributed by atoms with Gasteiger partial charge in [0.2, 0.25) is 0 Å². The molecule has 0 bridgehead atoms. The van der Waals surface area contributed by atoms with E-state index in [0.717, 1.165) is 13.0 Å². The highest BCUT2D eigenvalue weighted by Gasteiger charge is 2.24. The van der Waals surface area contributed by atoms with Crippen LogP contribution in [0.5, 0.6) is 0 Å². The number of aromatic nitrogens is 1. The summed E-state index contributed by atoms with van der Waals surface area (Å²) >= 11 is 3.75. The number of halogens is 1. The van der Waals surface area contributed by atoms with E-state index in [1.165, 1.54) is 29.8 Å². The van der Waals surface area contributed by atoms with E-state index >= 15 is 0 Å². The lowest BCUT2D eigenvalue weighted by Crippen LogP contribution is -2.09. The fourth-order valence-corrected chi connectivity index (χ4v) is 3.95. The molecule has 0 saturated carbocycles. The molecule has 0 radical (unpaired) electrons. The van der Waals surface area contributed by atoms with Gasteiger partial charge in [0.15, 0.2) is 0 Å². The van der Waals surface area contributed by atoms with Gasteiger partial charge in [0.05, 0.1) is 0 Å². The first-order chi connectivity index (χ1) is 10.3. The lowest BCUT2D eigenvalue weighted by atomic mass is 9.94. The summed E-state index contributed by atoms with van der Waals surface area (Å²) in [5.41, 5.74) is 7.31. The number of benzene rings is 1. The summed E-state index contributed by atoms with van der Waals surface area (Å²) in [6.45, 7) is 0.958. The maximum absolute atomic E-state index is 3.75. The molecule has 0 amide bonds. The minimum absolute atomic E-state index is 0.479. The summed E-state index contributed by atoms with van der Waals surface area (Å²) in [4.78, 5) is 0.479. The van der Waals surface area contributed by atoms with E-state index in [1.54, 1.807) is 11.1 Å². The Kier molecular flexibility index (Phi) is 3.34. The van der Waals surface area contributed by atoms with Crippen molar-refractivity contribution in [1.29, 1.82) is 0 Å². The third kappa shape index (κ3) is 2.32. The van der Waals surface area contributed by atoms with Gasteiger partial charge in [-0.2, -0.15) is 0 Å². The van der Waals surface area contributed by atoms with Crippen LogP contribution in [0.4, 0.5) is 0 Å². The number of alkyl halides is 1. The Morgan fingerprint density at radius 3 is 2.71 bits per heavy atom. The molecule has 2 aromatic rings. The second kappa shape index (κ2) is 5.34. The highest BCUT2D eigenvalue weighted by Crippen LogP contribution is 2.35. The van der Waals surface area contributed by atoms with E-state index < -0.39 is 0 Å². The van der Waals surface area contributed by atoms with Gasteiger partial charge in [-0.25, -0.2) is 0 Å². The Morgan fingerprint density at radius 1 is 1.05 bits per heavy atom. The summed E-state index contributed by atoms with van der Waals surface area (Å²) in [5, 5.41) is 0. The minimum Gasteiger partial charge on any atom is -0.337 e. The predicted octanol–water partition coefficient (Wildman–Crippen LogP) is 4.83. The van der Waals surface area contributed by atoms with Crippen LogP contribution in [0.3, 0.4) is 0 Å². The van der Waals surface area contributed by atoms with Crippen LogP contribution >= 0.6 is 15.9 Å². The largest absolute Gasteiger partial charge is 0.337 e. The molecule has 2 aliphatic rings. The minimum atomic E-state index is 0.479. The van der Waals surface area contributed by atoms with Crippen molar-refractivity contribution < 1.29 is 0 Å². The molecule has 2 aliphatic carbocycles. The first-order valence-corrected chi connectivity index (χ1v) is 8.51. The second-order valence-corrected chi connectivity index (χ2v) is 7.00. The first kappa shape index (κ1) is 13.1. The fourth-order valence-electron chi connectivity index (χ4n) is 3.47. The van der Waals surface area contributed by atoms with Crippen LogP contribution < -0.4 is 0 Å². The van der Waals surface area contributed by atoms with E-state index in [0.29, 0.717) is 4.83 Å². The van der Waals surface area contributed by atoms with E-state index in [1.807, 2.05) is 0 Å². The standard InChI is InChI=1S/C19H18BrN/c20-15-10-11-19-17(12-15)16-8-4-5-9-18(16)21(19)13-14-6-2-1-3-7-14/h1-3,5-7,9-11,15H,4,8,12-13H2. The Labute approximate surface area is 134 Å². The summed E-state index contributed by atoms with van der Waals surface area (Å²) < 4.78 is 2.49. The molecule has 1 aromatic heterocycles. The molecule has 0 aliphatic heterocycles. The zero-order valence-corrected chi connectivity index (χ0v) is 13.5. The SMILES string of the molecule is BrC1C=Cc2c(c3c(n2Cc2ccccc2)C=CCC3)C1. The molecular weight excluding hydrogens is 322 g/mol. The molecule has 106 valence electrons. The van der Waals surface area contributed by atoms with Crippen molar-refractivity contribution in [3.8, 4) is 0 Å². The molecule has 0 saturated heterocycles. The van der Waals surface area contributed by atoms with Crippen LogP contribution in [0, 0.1) is 0 Å². The lowest BCUT2D eigenvalue weighted by Gasteiger charge is -2.15. The van der Waals surface area contributed by atoms with E-state index in [-0.39, 0.29) is 0 Å². The number of fused-ring (bicyclic) bond motifs is 3. The maximum Gasteiger partial charge on any atom is 0.0481 e. The first-order valence-electron chi connectivity index (χ1n) is 7.60. The number of rotatable bonds is 2. The Hall–Kier alpha value is -1.54. The number of nitrogens with zero attached hydrogens (tertiary/aromatic N) is 1. The molecule has 1 nitrogen and oxygen atoms in total. The quantitative estimate of drug-likeness (QED) is 0.690. The Balaban J connectivity index is 1.84. The zero-order valence-electron chi connectivity index (χ0n) is 11.9. The Morgan fingerprint density at radius 2 is 1.86 bits per heavy atom. The Bertz CT molecular complexity index is 722. The van der Waals surface area contributed by atoms with Gasteiger partial charge < -0.3 is 4.57 Å². The molecular formula is C19H18BrN. The average Bonchev–Trinajstić information content (AvgIpc) is 2.82. The maximum atomic E-state index is 3.75. The average molecular weight is 340 g/mol. The monoisotopic (exact) mass is 339 g/mol. The highest BCUT2D eigenvalue weighted by molar-refractivity contribution is 9.09. The van der Waals surface area contributed by atoms with Crippen molar-refractivity contribution >= 4 is 28.1 Å². The molecule has 1 aromatic carbocycles. The lowest BCUT2D eigenvalue weighted by molar-refractivity contribution is 0.775. The van der Waals surface area contributed by atoms with Crippen molar-refractivity contribution in [3.63, 3.8) is 0 Å². The van der Waals surface area contributed by atoms with Crippen LogP contribution in [-0.2, 0) is 19.4 Å². The van der Waals surface area contributed by atoms with E-state index in [4.69, 9.17) is 0 Å². The van der Waals surface area contributed by atoms with Crippen LogP contribution in [-0.4, -0.2) is 9.39 Å². The van der Waals surface area contributed by atoms with Crippen molar-refractivity contribution in [2.45, 2.75) is 30.6 Å². The van der Waals surface area contributed by atoms with Crippen LogP contribution in [0.1, 0.15) is 34.5 Å². The van der Waals surface area contributed by atoms with Crippen LogP contribution in [0.2, 0.25) is 0 Å². The van der Waals surface area contributed by atoms with Gasteiger partial charge in [-0.05, 0) is 48.1 Å². The van der Waals surface area contributed by atoms with Crippen molar-refractivity contribution in [2.75, 3.05) is 0 Å². The van der Waals surface area contributed by atoms with Crippen LogP contribution in [0.25, 0.3) is 12.2 Å². The van der Waals surface area contributed by atoms with Gasteiger partial charge in [-0.1, -0.05) is 58.4 Å². The zero-order chi connectivity index (χ0) is 14.2. The normalized spacial score (nSPS) is 19.4. The molecule has 0 spiro atoms. The van der Waals surface area contributed by atoms with Crippen molar-refractivity contribution in [1.82, 2.24) is 4.57 Å². The molecule has 0 fully saturated rings. The van der Waals surface area contributed by atoms with Gasteiger partial charge in [-0.3, -0.25) is 0 Å². The summed E-state index contributed by atoms with van der Waals surface area (Å²) in [6, 6.07) is 10.8. The molecule has 1 atom stereocenters. The van der Waals surface area contributed by atoms with Crippen molar-refractivity contribution in [2.24, 2.45) is 0 Å². The number of allylic oxidation sites excluding steroid dienone is 2. The summed E-state index contributed by atoms with van der Waals surface area (Å²) in [7, 11) is 0. The van der Waals surface area contributed by atoms with E-state index in [9.17, 15) is 0 Å². The molecule has 1 heterocycles. The summed E-state index contributed by atoms with van der Waals surface area (Å²) in [5.74, 6) is 0. The molecule has 21 heavy (non-hydrogen) atoms. The molecule has 0 N–H and O–H groups in total. The van der Waals surface area contributed by atoms with Gasteiger partial charge >= 0.3 is 0 Å². The highest BCUT2D eigenvalue weighted by atomic mass is 79.9. The van der Waals surface area contributed by atoms with Gasteiger partial charge in [0, 0.05) is 22.8 Å². The number of hydrogen-bond donors (Lipinski definition) is 0. The summed E-state index contributed by atoms with van der Waals surface area (Å²) in [6.07, 6.45) is 12.7. The van der Waals surface area contributed by atoms with Crippen molar-refractivity contribution in [3.05, 3.63) is 70.6 Å². The van der Waals surface area contributed by atoms with Crippen LogP contribution in [0.15, 0.2) is 42.5 Å². The smallest absolute Gasteiger partial charge is 0.0481 e. The van der Waals surface area contributed by atoms with Gasteiger partial charge in [-0.15, -0.1) is 0 Å².